The lowest BCUT2D eigenvalue weighted by Crippen LogP contribution is -2.37. The van der Waals surface area contributed by atoms with Gasteiger partial charge < -0.3 is 4.74 Å². The Morgan fingerprint density at radius 1 is 1.31 bits per heavy atom. The lowest BCUT2D eigenvalue weighted by molar-refractivity contribution is -0.133. The van der Waals surface area contributed by atoms with Crippen LogP contribution in [0.3, 0.4) is 0 Å². The van der Waals surface area contributed by atoms with E-state index in [2.05, 4.69) is 20.8 Å². The van der Waals surface area contributed by atoms with Gasteiger partial charge in [0.05, 0.1) is 5.60 Å². The van der Waals surface area contributed by atoms with E-state index in [1.54, 1.807) is 0 Å². The summed E-state index contributed by atoms with van der Waals surface area (Å²) in [5.41, 5.74) is -0.0952. The van der Waals surface area contributed by atoms with Crippen molar-refractivity contribution in [2.45, 2.75) is 71.3 Å². The van der Waals surface area contributed by atoms with Gasteiger partial charge in [0.25, 0.3) is 0 Å². The Kier molecular flexibility index (Phi) is 5.47. The number of Topliss-reactive ketones (excluding diaryl/α,β-unsaturated/α-hetero) is 1. The fraction of sp³-hybridized carbons (Fsp3) is 0.929. The standard InChI is InChI=1S/C14H26O2/c1-4-5-6-7-8-13(15)12-9-10-16-14(2,3)11-12/h12H,4-11H2,1-3H3. The molecule has 16 heavy (non-hydrogen) atoms. The third-order valence-corrected chi connectivity index (χ3v) is 3.43. The number of ether oxygens (including phenoxy) is 1. The Morgan fingerprint density at radius 3 is 2.69 bits per heavy atom. The highest BCUT2D eigenvalue weighted by molar-refractivity contribution is 5.81. The van der Waals surface area contributed by atoms with Gasteiger partial charge in [-0.2, -0.15) is 0 Å². The van der Waals surface area contributed by atoms with Crippen molar-refractivity contribution in [2.75, 3.05) is 6.61 Å². The SMILES string of the molecule is CCCCCCC(=O)C1CCOC(C)(C)C1. The van der Waals surface area contributed by atoms with E-state index in [0.29, 0.717) is 5.78 Å². The number of ketones is 1. The molecule has 0 bridgehead atoms. The van der Waals surface area contributed by atoms with Crippen LogP contribution in [0.15, 0.2) is 0 Å². The Balaban J connectivity index is 2.25. The molecule has 0 aromatic heterocycles. The molecule has 0 amide bonds. The third-order valence-electron chi connectivity index (χ3n) is 3.43. The quantitative estimate of drug-likeness (QED) is 0.645. The second-order valence-corrected chi connectivity index (χ2v) is 5.57. The van der Waals surface area contributed by atoms with Gasteiger partial charge in [-0.05, 0) is 33.1 Å². The zero-order valence-corrected chi connectivity index (χ0v) is 11.1. The van der Waals surface area contributed by atoms with Crippen molar-refractivity contribution < 1.29 is 9.53 Å². The summed E-state index contributed by atoms with van der Waals surface area (Å²) in [4.78, 5) is 12.0. The average molecular weight is 226 g/mol. The molecule has 1 atom stereocenters. The lowest BCUT2D eigenvalue weighted by atomic mass is 9.84. The summed E-state index contributed by atoms with van der Waals surface area (Å²) in [6, 6.07) is 0. The maximum absolute atomic E-state index is 12.0. The van der Waals surface area contributed by atoms with Crippen LogP contribution in [0.2, 0.25) is 0 Å². The summed E-state index contributed by atoms with van der Waals surface area (Å²) < 4.78 is 5.64. The third kappa shape index (κ3) is 4.65. The van der Waals surface area contributed by atoms with E-state index < -0.39 is 0 Å². The first-order valence-corrected chi connectivity index (χ1v) is 6.72. The molecule has 1 saturated heterocycles. The first kappa shape index (κ1) is 13.7. The van der Waals surface area contributed by atoms with Gasteiger partial charge in [-0.25, -0.2) is 0 Å². The number of hydrogen-bond acceptors (Lipinski definition) is 2. The van der Waals surface area contributed by atoms with Crippen molar-refractivity contribution in [3.05, 3.63) is 0 Å². The molecule has 0 aromatic rings. The fourth-order valence-electron chi connectivity index (χ4n) is 2.44. The van der Waals surface area contributed by atoms with Gasteiger partial charge >= 0.3 is 0 Å². The first-order valence-electron chi connectivity index (χ1n) is 6.72. The summed E-state index contributed by atoms with van der Waals surface area (Å²) >= 11 is 0. The largest absolute Gasteiger partial charge is 0.376 e. The van der Waals surface area contributed by atoms with Crippen LogP contribution in [-0.2, 0) is 9.53 Å². The van der Waals surface area contributed by atoms with E-state index in [4.69, 9.17) is 4.74 Å². The molecule has 1 rings (SSSR count). The van der Waals surface area contributed by atoms with Crippen molar-refractivity contribution in [3.8, 4) is 0 Å². The van der Waals surface area contributed by atoms with E-state index in [9.17, 15) is 4.79 Å². The van der Waals surface area contributed by atoms with E-state index in [0.717, 1.165) is 32.3 Å². The van der Waals surface area contributed by atoms with Crippen molar-refractivity contribution in [2.24, 2.45) is 5.92 Å². The Labute approximate surface area is 99.8 Å². The van der Waals surface area contributed by atoms with Crippen LogP contribution < -0.4 is 0 Å². The number of carbonyl (C=O) groups is 1. The van der Waals surface area contributed by atoms with Gasteiger partial charge in [0.2, 0.25) is 0 Å². The Morgan fingerprint density at radius 2 is 2.06 bits per heavy atom. The van der Waals surface area contributed by atoms with Crippen molar-refractivity contribution >= 4 is 5.78 Å². The van der Waals surface area contributed by atoms with Gasteiger partial charge in [0.1, 0.15) is 5.78 Å². The second kappa shape index (κ2) is 6.39. The molecule has 1 unspecified atom stereocenters. The molecular weight excluding hydrogens is 200 g/mol. The summed E-state index contributed by atoms with van der Waals surface area (Å²) in [6.07, 6.45) is 7.38. The highest BCUT2D eigenvalue weighted by Crippen LogP contribution is 2.30. The van der Waals surface area contributed by atoms with Gasteiger partial charge in [0, 0.05) is 18.9 Å². The molecule has 0 aliphatic carbocycles. The fourth-order valence-corrected chi connectivity index (χ4v) is 2.44. The topological polar surface area (TPSA) is 26.3 Å². The van der Waals surface area contributed by atoms with Crippen LogP contribution in [0, 0.1) is 5.92 Å². The minimum Gasteiger partial charge on any atom is -0.376 e. The number of carbonyl (C=O) groups excluding carboxylic acids is 1. The highest BCUT2D eigenvalue weighted by atomic mass is 16.5. The Bertz CT molecular complexity index is 221. The molecule has 1 fully saturated rings. The van der Waals surface area contributed by atoms with Crippen LogP contribution in [0.5, 0.6) is 0 Å². The van der Waals surface area contributed by atoms with Crippen molar-refractivity contribution in [3.63, 3.8) is 0 Å². The van der Waals surface area contributed by atoms with Crippen molar-refractivity contribution in [1.82, 2.24) is 0 Å². The van der Waals surface area contributed by atoms with E-state index in [-0.39, 0.29) is 11.5 Å². The molecule has 2 nitrogen and oxygen atoms in total. The zero-order valence-electron chi connectivity index (χ0n) is 11.1. The molecule has 0 saturated carbocycles. The molecule has 0 N–H and O–H groups in total. The second-order valence-electron chi connectivity index (χ2n) is 5.57. The average Bonchev–Trinajstić information content (AvgIpc) is 2.22. The van der Waals surface area contributed by atoms with Gasteiger partial charge in [-0.15, -0.1) is 0 Å². The number of unbranched alkanes of at least 4 members (excludes halogenated alkanes) is 3. The highest BCUT2D eigenvalue weighted by Gasteiger charge is 2.32. The molecule has 0 radical (unpaired) electrons. The predicted molar refractivity (Wildman–Crippen MR) is 66.5 cm³/mol. The molecule has 0 spiro atoms. The molecule has 94 valence electrons. The number of hydrogen-bond donors (Lipinski definition) is 0. The van der Waals surface area contributed by atoms with E-state index in [1.165, 1.54) is 19.3 Å². The number of rotatable bonds is 6. The molecular formula is C14H26O2. The molecule has 1 aliphatic rings. The van der Waals surface area contributed by atoms with Crippen LogP contribution in [0.4, 0.5) is 0 Å². The van der Waals surface area contributed by atoms with Gasteiger partial charge in [-0.3, -0.25) is 4.79 Å². The summed E-state index contributed by atoms with van der Waals surface area (Å²) in [6.45, 7) is 7.12. The minimum absolute atomic E-state index is 0.0952. The van der Waals surface area contributed by atoms with Crippen LogP contribution in [0.25, 0.3) is 0 Å². The summed E-state index contributed by atoms with van der Waals surface area (Å²) in [7, 11) is 0. The lowest BCUT2D eigenvalue weighted by Gasteiger charge is -2.34. The maximum atomic E-state index is 12.0. The summed E-state index contributed by atoms with van der Waals surface area (Å²) in [5, 5.41) is 0. The zero-order chi connectivity index (χ0) is 12.0. The molecule has 2 heteroatoms. The van der Waals surface area contributed by atoms with Crippen LogP contribution >= 0.6 is 0 Å². The van der Waals surface area contributed by atoms with Gasteiger partial charge in [-0.1, -0.05) is 26.2 Å². The predicted octanol–water partition coefficient (Wildman–Crippen LogP) is 3.73. The van der Waals surface area contributed by atoms with E-state index >= 15 is 0 Å². The maximum Gasteiger partial charge on any atom is 0.136 e. The smallest absolute Gasteiger partial charge is 0.136 e. The van der Waals surface area contributed by atoms with Gasteiger partial charge in [0.15, 0.2) is 0 Å². The summed E-state index contributed by atoms with van der Waals surface area (Å²) in [5.74, 6) is 0.720. The van der Waals surface area contributed by atoms with Crippen LogP contribution in [0.1, 0.15) is 65.7 Å². The Hall–Kier alpha value is -0.370. The normalized spacial score (nSPS) is 24.3. The minimum atomic E-state index is -0.0952. The molecule has 0 aromatic carbocycles. The molecule has 1 heterocycles. The molecule has 1 aliphatic heterocycles. The van der Waals surface area contributed by atoms with E-state index in [1.807, 2.05) is 0 Å². The first-order chi connectivity index (χ1) is 7.55. The van der Waals surface area contributed by atoms with Crippen molar-refractivity contribution in [1.29, 1.82) is 0 Å². The van der Waals surface area contributed by atoms with Crippen LogP contribution in [-0.4, -0.2) is 18.0 Å². The monoisotopic (exact) mass is 226 g/mol.